The van der Waals surface area contributed by atoms with Gasteiger partial charge in [-0.25, -0.2) is 14.0 Å². The van der Waals surface area contributed by atoms with Gasteiger partial charge in [0.05, 0.1) is 17.4 Å². The number of hydrogen-bond donors (Lipinski definition) is 3. The lowest BCUT2D eigenvalue weighted by Gasteiger charge is -2.21. The second-order valence-corrected chi connectivity index (χ2v) is 4.63. The summed E-state index contributed by atoms with van der Waals surface area (Å²) in [5.74, 6) is -1.84. The number of carbonyl (C=O) groups is 2. The summed E-state index contributed by atoms with van der Waals surface area (Å²) < 4.78 is 13.0. The number of carbonyl (C=O) groups excluding carboxylic acids is 1. The minimum absolute atomic E-state index is 0.0583. The maximum Gasteiger partial charge on any atom is 0.326 e. The number of likely N-dealkylation sites (tertiary alicyclic amines) is 1. The Balaban J connectivity index is 2.18. The van der Waals surface area contributed by atoms with Crippen molar-refractivity contribution in [3.05, 3.63) is 29.6 Å². The van der Waals surface area contributed by atoms with Gasteiger partial charge in [-0.1, -0.05) is 0 Å². The van der Waals surface area contributed by atoms with Crippen molar-refractivity contribution in [1.82, 2.24) is 4.90 Å². The van der Waals surface area contributed by atoms with Gasteiger partial charge in [-0.3, -0.25) is 0 Å². The maximum atomic E-state index is 13.0. The number of aliphatic hydroxyl groups is 1. The first-order chi connectivity index (χ1) is 9.92. The predicted molar refractivity (Wildman–Crippen MR) is 68.9 cm³/mol. The minimum Gasteiger partial charge on any atom is -0.480 e. The van der Waals surface area contributed by atoms with Crippen LogP contribution in [0, 0.1) is 17.1 Å². The quantitative estimate of drug-likeness (QED) is 0.744. The van der Waals surface area contributed by atoms with Crippen LogP contribution in [-0.4, -0.2) is 45.8 Å². The highest BCUT2D eigenvalue weighted by Gasteiger charge is 2.39. The van der Waals surface area contributed by atoms with Gasteiger partial charge in [0, 0.05) is 13.0 Å². The van der Waals surface area contributed by atoms with Gasteiger partial charge < -0.3 is 20.4 Å². The first-order valence-corrected chi connectivity index (χ1v) is 6.10. The Bertz CT molecular complexity index is 628. The SMILES string of the molecule is N#Cc1cc(F)ccc1NC(=O)N1C[C@H](O)C[C@H]1C(=O)O. The first kappa shape index (κ1) is 14.7. The van der Waals surface area contributed by atoms with Crippen LogP contribution in [0.15, 0.2) is 18.2 Å². The molecule has 2 amide bonds. The number of β-amino-alcohol motifs (C(OH)–C–C–N with tert-alkyl or cyclic N) is 1. The average molecular weight is 293 g/mol. The lowest BCUT2D eigenvalue weighted by atomic mass is 10.2. The third-order valence-electron chi connectivity index (χ3n) is 3.17. The number of hydrogen-bond acceptors (Lipinski definition) is 4. The Morgan fingerprint density at radius 2 is 2.19 bits per heavy atom. The van der Waals surface area contributed by atoms with E-state index in [1.54, 1.807) is 6.07 Å². The molecule has 0 unspecified atom stereocenters. The normalized spacial score (nSPS) is 20.9. The molecular formula is C13H12FN3O4. The van der Waals surface area contributed by atoms with Gasteiger partial charge in [0.1, 0.15) is 17.9 Å². The van der Waals surface area contributed by atoms with E-state index < -0.39 is 30.0 Å². The number of halogens is 1. The van der Waals surface area contributed by atoms with Crippen molar-refractivity contribution < 1.29 is 24.2 Å². The lowest BCUT2D eigenvalue weighted by Crippen LogP contribution is -2.43. The van der Waals surface area contributed by atoms with E-state index in [1.165, 1.54) is 6.07 Å². The highest BCUT2D eigenvalue weighted by Crippen LogP contribution is 2.21. The van der Waals surface area contributed by atoms with Crippen LogP contribution >= 0.6 is 0 Å². The zero-order valence-electron chi connectivity index (χ0n) is 10.8. The fourth-order valence-electron chi connectivity index (χ4n) is 2.18. The van der Waals surface area contributed by atoms with Crippen molar-refractivity contribution in [3.8, 4) is 6.07 Å². The molecule has 2 rings (SSSR count). The molecule has 1 fully saturated rings. The highest BCUT2D eigenvalue weighted by molar-refractivity contribution is 5.93. The molecule has 3 N–H and O–H groups in total. The van der Waals surface area contributed by atoms with Crippen LogP contribution in [0.1, 0.15) is 12.0 Å². The number of benzene rings is 1. The Morgan fingerprint density at radius 1 is 1.48 bits per heavy atom. The summed E-state index contributed by atoms with van der Waals surface area (Å²) >= 11 is 0. The molecule has 110 valence electrons. The molecule has 1 aliphatic rings. The molecule has 0 bridgehead atoms. The molecule has 1 aromatic carbocycles. The number of carboxylic acids is 1. The van der Waals surface area contributed by atoms with Gasteiger partial charge in [-0.05, 0) is 18.2 Å². The Labute approximate surface area is 119 Å². The third kappa shape index (κ3) is 3.09. The van der Waals surface area contributed by atoms with Crippen LogP contribution in [0.5, 0.6) is 0 Å². The second-order valence-electron chi connectivity index (χ2n) is 4.63. The largest absolute Gasteiger partial charge is 0.480 e. The van der Waals surface area contributed by atoms with Gasteiger partial charge in [0.25, 0.3) is 0 Å². The molecule has 0 spiro atoms. The number of nitrogens with one attached hydrogen (secondary N) is 1. The fourth-order valence-corrected chi connectivity index (χ4v) is 2.18. The molecule has 0 aromatic heterocycles. The third-order valence-corrected chi connectivity index (χ3v) is 3.17. The van der Waals surface area contributed by atoms with Crippen molar-refractivity contribution >= 4 is 17.7 Å². The highest BCUT2D eigenvalue weighted by atomic mass is 19.1. The summed E-state index contributed by atoms with van der Waals surface area (Å²) in [6.07, 6.45) is -0.974. The van der Waals surface area contributed by atoms with E-state index in [0.717, 1.165) is 17.0 Å². The van der Waals surface area contributed by atoms with Crippen LogP contribution in [0.3, 0.4) is 0 Å². The predicted octanol–water partition coefficient (Wildman–Crippen LogP) is 0.749. The van der Waals surface area contributed by atoms with E-state index in [-0.39, 0.29) is 24.2 Å². The van der Waals surface area contributed by atoms with E-state index >= 15 is 0 Å². The molecule has 1 saturated heterocycles. The number of amides is 2. The lowest BCUT2D eigenvalue weighted by molar-refractivity contribution is -0.141. The molecule has 0 aliphatic carbocycles. The molecule has 0 saturated carbocycles. The van der Waals surface area contributed by atoms with E-state index in [2.05, 4.69) is 5.32 Å². The first-order valence-electron chi connectivity index (χ1n) is 6.10. The van der Waals surface area contributed by atoms with Gasteiger partial charge in [-0.15, -0.1) is 0 Å². The number of nitrogens with zero attached hydrogens (tertiary/aromatic N) is 2. The summed E-state index contributed by atoms with van der Waals surface area (Å²) in [6, 6.07) is 3.09. The summed E-state index contributed by atoms with van der Waals surface area (Å²) in [5, 5.41) is 29.8. The smallest absolute Gasteiger partial charge is 0.326 e. The number of anilines is 1. The van der Waals surface area contributed by atoms with Crippen molar-refractivity contribution in [2.45, 2.75) is 18.6 Å². The fraction of sp³-hybridized carbons (Fsp3) is 0.308. The molecule has 21 heavy (non-hydrogen) atoms. The molecule has 8 heteroatoms. The Morgan fingerprint density at radius 3 is 2.81 bits per heavy atom. The van der Waals surface area contributed by atoms with Gasteiger partial charge in [0.2, 0.25) is 0 Å². The summed E-state index contributed by atoms with van der Waals surface area (Å²) in [6.45, 7) is -0.119. The second kappa shape index (κ2) is 5.76. The monoisotopic (exact) mass is 293 g/mol. The molecular weight excluding hydrogens is 281 g/mol. The molecule has 0 radical (unpaired) electrons. The zero-order valence-corrected chi connectivity index (χ0v) is 10.8. The van der Waals surface area contributed by atoms with Crippen LogP contribution in [0.2, 0.25) is 0 Å². The minimum atomic E-state index is -1.22. The summed E-state index contributed by atoms with van der Waals surface area (Å²) in [5.41, 5.74) is 0.00407. The topological polar surface area (TPSA) is 114 Å². The van der Waals surface area contributed by atoms with Crippen LogP contribution in [-0.2, 0) is 4.79 Å². The summed E-state index contributed by atoms with van der Waals surface area (Å²) in [4.78, 5) is 24.1. The van der Waals surface area contributed by atoms with E-state index in [9.17, 15) is 19.1 Å². The van der Waals surface area contributed by atoms with Gasteiger partial charge in [0.15, 0.2) is 0 Å². The van der Waals surface area contributed by atoms with Crippen molar-refractivity contribution in [2.75, 3.05) is 11.9 Å². The number of urea groups is 1. The summed E-state index contributed by atoms with van der Waals surface area (Å²) in [7, 11) is 0. The number of carboxylic acid groups (broad SMARTS) is 1. The molecule has 1 aliphatic heterocycles. The number of aliphatic carboxylic acids is 1. The van der Waals surface area contributed by atoms with Crippen LogP contribution in [0.25, 0.3) is 0 Å². The van der Waals surface area contributed by atoms with Crippen LogP contribution in [0.4, 0.5) is 14.9 Å². The average Bonchev–Trinajstić information content (AvgIpc) is 2.83. The zero-order chi connectivity index (χ0) is 15.6. The van der Waals surface area contributed by atoms with E-state index in [4.69, 9.17) is 10.4 Å². The van der Waals surface area contributed by atoms with Crippen molar-refractivity contribution in [3.63, 3.8) is 0 Å². The van der Waals surface area contributed by atoms with Gasteiger partial charge >= 0.3 is 12.0 Å². The number of rotatable bonds is 2. The maximum absolute atomic E-state index is 13.0. The molecule has 7 nitrogen and oxygen atoms in total. The van der Waals surface area contributed by atoms with Crippen molar-refractivity contribution in [2.24, 2.45) is 0 Å². The standard InChI is InChI=1S/C13H12FN3O4/c14-8-1-2-10(7(3-8)5-15)16-13(21)17-6-9(18)4-11(17)12(19)20/h1-3,9,11,18H,4,6H2,(H,16,21)(H,19,20)/t9-,11+/m1/s1. The van der Waals surface area contributed by atoms with Crippen LogP contribution < -0.4 is 5.32 Å². The Kier molecular flexibility index (Phi) is 4.05. The number of nitriles is 1. The van der Waals surface area contributed by atoms with E-state index in [0.29, 0.717) is 0 Å². The Hall–Kier alpha value is -2.66. The molecule has 1 heterocycles. The number of aliphatic hydroxyl groups excluding tert-OH is 1. The molecule has 2 atom stereocenters. The van der Waals surface area contributed by atoms with Gasteiger partial charge in [-0.2, -0.15) is 5.26 Å². The molecule has 1 aromatic rings. The van der Waals surface area contributed by atoms with E-state index in [1.807, 2.05) is 0 Å². The van der Waals surface area contributed by atoms with Crippen molar-refractivity contribution in [1.29, 1.82) is 5.26 Å².